The van der Waals surface area contributed by atoms with Gasteiger partial charge in [0.05, 0.1) is 4.87 Å². The zero-order valence-electron chi connectivity index (χ0n) is 17.5. The van der Waals surface area contributed by atoms with E-state index < -0.39 is 0 Å². The van der Waals surface area contributed by atoms with E-state index in [1.807, 2.05) is 47.9 Å². The van der Waals surface area contributed by atoms with Gasteiger partial charge in [0.15, 0.2) is 0 Å². The van der Waals surface area contributed by atoms with Crippen molar-refractivity contribution in [3.8, 4) is 0 Å². The van der Waals surface area contributed by atoms with Gasteiger partial charge in [-0.15, -0.1) is 11.8 Å². The van der Waals surface area contributed by atoms with Gasteiger partial charge in [0.25, 0.3) is 0 Å². The maximum absolute atomic E-state index is 13.0. The summed E-state index contributed by atoms with van der Waals surface area (Å²) in [5.74, 6) is 2.11. The second-order valence-electron chi connectivity index (χ2n) is 8.76. The maximum atomic E-state index is 13.0. The van der Waals surface area contributed by atoms with Crippen molar-refractivity contribution >= 4 is 29.4 Å². The first-order valence-electron chi connectivity index (χ1n) is 11.1. The van der Waals surface area contributed by atoms with E-state index in [4.69, 9.17) is 0 Å². The average molecular weight is 416 g/mol. The average Bonchev–Trinajstić information content (AvgIpc) is 3.39. The van der Waals surface area contributed by atoms with Gasteiger partial charge < -0.3 is 15.1 Å². The Kier molecular flexibility index (Phi) is 6.38. The standard InChI is InChI=1S/C23H33N3O2S/c1-18-6-2-5-9-20(18)24-22(28)25-14-12-23(13-15-25)26(16-17-29-23)21(27)11-10-19-7-3-4-8-19/h2,5-6,9,19H,3-4,7-8,10-17H2,1H3,(H,24,28). The van der Waals surface area contributed by atoms with Crippen LogP contribution in [0.25, 0.3) is 0 Å². The third-order valence-electron chi connectivity index (χ3n) is 6.94. The number of carbonyl (C=O) groups is 2. The summed E-state index contributed by atoms with van der Waals surface area (Å²) in [6.45, 7) is 4.28. The maximum Gasteiger partial charge on any atom is 0.321 e. The summed E-state index contributed by atoms with van der Waals surface area (Å²) in [5, 5.41) is 3.04. The van der Waals surface area contributed by atoms with Crippen molar-refractivity contribution in [2.75, 3.05) is 30.7 Å². The van der Waals surface area contributed by atoms with E-state index in [0.29, 0.717) is 25.4 Å². The molecule has 1 saturated carbocycles. The van der Waals surface area contributed by atoms with Gasteiger partial charge in [0, 0.05) is 37.5 Å². The molecule has 158 valence electrons. The van der Waals surface area contributed by atoms with Gasteiger partial charge in [0.1, 0.15) is 0 Å². The molecule has 5 nitrogen and oxygen atoms in total. The lowest BCUT2D eigenvalue weighted by atomic mass is 9.99. The highest BCUT2D eigenvalue weighted by Crippen LogP contribution is 2.44. The van der Waals surface area contributed by atoms with Crippen LogP contribution < -0.4 is 5.32 Å². The van der Waals surface area contributed by atoms with E-state index in [0.717, 1.165) is 48.7 Å². The van der Waals surface area contributed by atoms with Crippen molar-refractivity contribution in [3.05, 3.63) is 29.8 Å². The third kappa shape index (κ3) is 4.57. The molecule has 1 aromatic rings. The SMILES string of the molecule is Cc1ccccc1NC(=O)N1CCC2(CC1)SCCN2C(=O)CCC1CCCC1. The molecule has 0 atom stereocenters. The van der Waals surface area contributed by atoms with Crippen LogP contribution in [0.1, 0.15) is 56.9 Å². The number of aryl methyl sites for hydroxylation is 1. The quantitative estimate of drug-likeness (QED) is 0.764. The van der Waals surface area contributed by atoms with Crippen molar-refractivity contribution < 1.29 is 9.59 Å². The zero-order valence-corrected chi connectivity index (χ0v) is 18.3. The third-order valence-corrected chi connectivity index (χ3v) is 8.49. The minimum absolute atomic E-state index is 0.0312. The summed E-state index contributed by atoms with van der Waals surface area (Å²) in [6.07, 6.45) is 8.77. The summed E-state index contributed by atoms with van der Waals surface area (Å²) < 4.78 is 0. The fourth-order valence-corrected chi connectivity index (χ4v) is 6.58. The summed E-state index contributed by atoms with van der Waals surface area (Å²) in [7, 11) is 0. The van der Waals surface area contributed by atoms with Crippen LogP contribution in [0.4, 0.5) is 10.5 Å². The predicted octanol–water partition coefficient (Wildman–Crippen LogP) is 4.86. The number of piperidine rings is 1. The Labute approximate surface area is 178 Å². The Morgan fingerprint density at radius 2 is 1.86 bits per heavy atom. The molecule has 6 heteroatoms. The Morgan fingerprint density at radius 1 is 1.14 bits per heavy atom. The molecule has 2 aliphatic heterocycles. The van der Waals surface area contributed by atoms with Crippen molar-refractivity contribution in [2.45, 2.75) is 63.2 Å². The number of thioether (sulfide) groups is 1. The molecule has 0 aromatic heterocycles. The van der Waals surface area contributed by atoms with Crippen LogP contribution in [0.5, 0.6) is 0 Å². The van der Waals surface area contributed by atoms with Gasteiger partial charge in [0.2, 0.25) is 5.91 Å². The topological polar surface area (TPSA) is 52.7 Å². The number of amides is 3. The second kappa shape index (κ2) is 8.99. The first kappa shape index (κ1) is 20.6. The van der Waals surface area contributed by atoms with Crippen LogP contribution in [0, 0.1) is 12.8 Å². The molecule has 0 radical (unpaired) electrons. The van der Waals surface area contributed by atoms with Crippen LogP contribution in [0.3, 0.4) is 0 Å². The fourth-order valence-electron chi connectivity index (χ4n) is 5.10. The normalized spacial score (nSPS) is 21.7. The molecule has 29 heavy (non-hydrogen) atoms. The lowest BCUT2D eigenvalue weighted by Gasteiger charge is -2.44. The molecular formula is C23H33N3O2S. The molecule has 3 aliphatic rings. The number of carbonyl (C=O) groups excluding carboxylic acids is 2. The van der Waals surface area contributed by atoms with Crippen LogP contribution in [0.2, 0.25) is 0 Å². The van der Waals surface area contributed by atoms with Gasteiger partial charge >= 0.3 is 6.03 Å². The van der Waals surface area contributed by atoms with E-state index >= 15 is 0 Å². The van der Waals surface area contributed by atoms with Gasteiger partial charge in [-0.1, -0.05) is 43.9 Å². The lowest BCUT2D eigenvalue weighted by molar-refractivity contribution is -0.134. The first-order valence-corrected chi connectivity index (χ1v) is 12.1. The molecule has 2 saturated heterocycles. The van der Waals surface area contributed by atoms with E-state index in [9.17, 15) is 9.59 Å². The number of nitrogens with one attached hydrogen (secondary N) is 1. The molecule has 1 aromatic carbocycles. The molecule has 3 fully saturated rings. The molecular weight excluding hydrogens is 382 g/mol. The van der Waals surface area contributed by atoms with E-state index in [1.165, 1.54) is 25.7 Å². The van der Waals surface area contributed by atoms with E-state index in [-0.39, 0.29) is 10.9 Å². The first-order chi connectivity index (χ1) is 14.1. The molecule has 0 bridgehead atoms. The Balaban J connectivity index is 1.31. The summed E-state index contributed by atoms with van der Waals surface area (Å²) in [6, 6.07) is 7.83. The van der Waals surface area contributed by atoms with Gasteiger partial charge in [-0.05, 0) is 43.7 Å². The summed E-state index contributed by atoms with van der Waals surface area (Å²) >= 11 is 1.93. The molecule has 1 aliphatic carbocycles. The number of rotatable bonds is 4. The summed E-state index contributed by atoms with van der Waals surface area (Å²) in [5.41, 5.74) is 1.94. The Morgan fingerprint density at radius 3 is 2.59 bits per heavy atom. The molecule has 4 rings (SSSR count). The van der Waals surface area contributed by atoms with Crippen molar-refractivity contribution in [1.29, 1.82) is 0 Å². The van der Waals surface area contributed by atoms with Crippen LogP contribution in [-0.4, -0.2) is 52.0 Å². The van der Waals surface area contributed by atoms with Gasteiger partial charge in [-0.3, -0.25) is 4.79 Å². The number of benzene rings is 1. The number of hydrogen-bond acceptors (Lipinski definition) is 3. The van der Waals surface area contributed by atoms with Gasteiger partial charge in [-0.25, -0.2) is 4.79 Å². The minimum Gasteiger partial charge on any atom is -0.327 e. The number of para-hydroxylation sites is 1. The van der Waals surface area contributed by atoms with Crippen LogP contribution >= 0.6 is 11.8 Å². The number of hydrogen-bond donors (Lipinski definition) is 1. The summed E-state index contributed by atoms with van der Waals surface area (Å²) in [4.78, 5) is 29.7. The lowest BCUT2D eigenvalue weighted by Crippen LogP contribution is -2.54. The molecule has 1 spiro atoms. The molecule has 1 N–H and O–H groups in total. The van der Waals surface area contributed by atoms with E-state index in [1.54, 1.807) is 0 Å². The molecule has 2 heterocycles. The Hall–Kier alpha value is -1.69. The predicted molar refractivity (Wildman–Crippen MR) is 119 cm³/mol. The zero-order chi connectivity index (χ0) is 20.3. The minimum atomic E-state index is -0.0911. The van der Waals surface area contributed by atoms with Crippen molar-refractivity contribution in [3.63, 3.8) is 0 Å². The fraction of sp³-hybridized carbons (Fsp3) is 0.652. The van der Waals surface area contributed by atoms with Crippen molar-refractivity contribution in [1.82, 2.24) is 9.80 Å². The van der Waals surface area contributed by atoms with Crippen LogP contribution in [0.15, 0.2) is 24.3 Å². The number of anilines is 1. The number of nitrogens with zero attached hydrogens (tertiary/aromatic N) is 2. The number of likely N-dealkylation sites (tertiary alicyclic amines) is 1. The second-order valence-corrected chi connectivity index (χ2v) is 10.2. The highest BCUT2D eigenvalue weighted by molar-refractivity contribution is 8.00. The number of urea groups is 1. The van der Waals surface area contributed by atoms with E-state index in [2.05, 4.69) is 10.2 Å². The highest BCUT2D eigenvalue weighted by Gasteiger charge is 2.46. The molecule has 3 amide bonds. The monoisotopic (exact) mass is 415 g/mol. The van der Waals surface area contributed by atoms with Crippen molar-refractivity contribution in [2.24, 2.45) is 5.92 Å². The largest absolute Gasteiger partial charge is 0.327 e. The highest BCUT2D eigenvalue weighted by atomic mass is 32.2. The van der Waals surface area contributed by atoms with Crippen LogP contribution in [-0.2, 0) is 4.79 Å². The Bertz CT molecular complexity index is 739. The van der Waals surface area contributed by atoms with Gasteiger partial charge in [-0.2, -0.15) is 0 Å². The smallest absolute Gasteiger partial charge is 0.321 e. The molecule has 0 unspecified atom stereocenters.